The smallest absolute Gasteiger partial charge is 0.326 e. The molecule has 1 aliphatic rings. The number of carboxylic acid groups (broad SMARTS) is 3. The van der Waals surface area contributed by atoms with Crippen LogP contribution in [0.1, 0.15) is 57.2 Å². The van der Waals surface area contributed by atoms with Crippen molar-refractivity contribution in [3.63, 3.8) is 0 Å². The highest BCUT2D eigenvalue weighted by atomic mass is 16.4. The third-order valence-electron chi connectivity index (χ3n) is 10.5. The van der Waals surface area contributed by atoms with Gasteiger partial charge in [0.15, 0.2) is 0 Å². The van der Waals surface area contributed by atoms with Gasteiger partial charge in [0.2, 0.25) is 47.3 Å². The summed E-state index contributed by atoms with van der Waals surface area (Å²) < 4.78 is 0. The first kappa shape index (κ1) is 55.6. The second-order valence-corrected chi connectivity index (χ2v) is 16.0. The molecule has 0 bridgehead atoms. The molecule has 0 unspecified atom stereocenters. The van der Waals surface area contributed by atoms with Crippen molar-refractivity contribution >= 4 is 65.2 Å². The van der Waals surface area contributed by atoms with E-state index in [0.717, 1.165) is 11.8 Å². The van der Waals surface area contributed by atoms with Crippen LogP contribution >= 0.6 is 0 Å². The van der Waals surface area contributed by atoms with Crippen molar-refractivity contribution in [3.8, 4) is 5.75 Å². The fourth-order valence-electron chi connectivity index (χ4n) is 6.78. The van der Waals surface area contributed by atoms with Crippen LogP contribution in [0.4, 0.5) is 0 Å². The second kappa shape index (κ2) is 26.6. The van der Waals surface area contributed by atoms with Crippen LogP contribution in [0.15, 0.2) is 36.8 Å². The molecule has 1 aromatic carbocycles. The van der Waals surface area contributed by atoms with Gasteiger partial charge in [-0.2, -0.15) is 0 Å². The molecule has 2 heterocycles. The maximum Gasteiger partial charge on any atom is 0.326 e. The summed E-state index contributed by atoms with van der Waals surface area (Å²) in [5.74, 6) is -12.4. The number of aromatic hydroxyl groups is 1. The molecule has 1 saturated heterocycles. The number of phenolic OH excluding ortho intramolecular Hbond substituents is 1. The van der Waals surface area contributed by atoms with Crippen LogP contribution in [0.3, 0.4) is 0 Å². The van der Waals surface area contributed by atoms with E-state index in [0.29, 0.717) is 11.3 Å². The van der Waals surface area contributed by atoms with Gasteiger partial charge in [0, 0.05) is 37.7 Å². The number of amides is 8. The van der Waals surface area contributed by atoms with Crippen molar-refractivity contribution in [2.24, 2.45) is 5.73 Å². The topological polar surface area (TPSA) is 451 Å². The van der Waals surface area contributed by atoms with Crippen LogP contribution in [0.2, 0.25) is 0 Å². The highest BCUT2D eigenvalue weighted by Gasteiger charge is 2.41. The van der Waals surface area contributed by atoms with Crippen molar-refractivity contribution in [1.29, 1.82) is 0 Å². The number of carbonyl (C=O) groups is 11. The fourth-order valence-corrected chi connectivity index (χ4v) is 6.78. The number of benzene rings is 1. The minimum Gasteiger partial charge on any atom is -0.508 e. The number of phenols is 1. The molecule has 9 atom stereocenters. The van der Waals surface area contributed by atoms with Gasteiger partial charge >= 0.3 is 17.9 Å². The number of H-pyrrole nitrogens is 1. The maximum absolute atomic E-state index is 13.7. The molecular weight excluding hydrogens is 919 g/mol. The number of nitrogens with one attached hydrogen (secondary N) is 8. The molecule has 0 aliphatic carbocycles. The van der Waals surface area contributed by atoms with Crippen molar-refractivity contribution in [1.82, 2.24) is 52.1 Å². The summed E-state index contributed by atoms with van der Waals surface area (Å²) in [6, 6.07) is -6.76. The minimum atomic E-state index is -1.75. The summed E-state index contributed by atoms with van der Waals surface area (Å²) in [5.41, 5.74) is 6.42. The Morgan fingerprint density at radius 2 is 1.42 bits per heavy atom. The molecule has 1 aromatic heterocycles. The molecule has 16 N–H and O–H groups in total. The van der Waals surface area contributed by atoms with Gasteiger partial charge in [-0.1, -0.05) is 12.1 Å². The van der Waals surface area contributed by atoms with Crippen LogP contribution < -0.4 is 43.0 Å². The van der Waals surface area contributed by atoms with Gasteiger partial charge in [-0.15, -0.1) is 0 Å². The van der Waals surface area contributed by atoms with Gasteiger partial charge in [-0.05, 0) is 50.8 Å². The number of aromatic amines is 1. The Morgan fingerprint density at radius 3 is 2.00 bits per heavy atom. The lowest BCUT2D eigenvalue weighted by molar-refractivity contribution is -0.146. The largest absolute Gasteiger partial charge is 0.508 e. The van der Waals surface area contributed by atoms with E-state index in [9.17, 15) is 78.3 Å². The Balaban J connectivity index is 1.65. The quantitative estimate of drug-likeness (QED) is 0.0396. The zero-order chi connectivity index (χ0) is 51.5. The molecule has 28 heteroatoms. The van der Waals surface area contributed by atoms with Crippen LogP contribution in [0.5, 0.6) is 5.75 Å². The van der Waals surface area contributed by atoms with Crippen molar-refractivity contribution in [2.75, 3.05) is 19.7 Å². The Morgan fingerprint density at radius 1 is 0.783 bits per heavy atom. The predicted octanol–water partition coefficient (Wildman–Crippen LogP) is -5.94. The number of nitrogens with zero attached hydrogens (tertiary/aromatic N) is 2. The average Bonchev–Trinajstić information content (AvgIpc) is 4.01. The molecule has 0 saturated carbocycles. The third kappa shape index (κ3) is 17.8. The zero-order valence-electron chi connectivity index (χ0n) is 37.4. The molecule has 69 heavy (non-hydrogen) atoms. The van der Waals surface area contributed by atoms with Crippen LogP contribution in [-0.4, -0.2) is 185 Å². The van der Waals surface area contributed by atoms with Gasteiger partial charge in [0.05, 0.1) is 38.0 Å². The molecule has 378 valence electrons. The Kier molecular flexibility index (Phi) is 21.4. The zero-order valence-corrected chi connectivity index (χ0v) is 37.4. The number of carbonyl (C=O) groups excluding carboxylic acids is 8. The third-order valence-corrected chi connectivity index (χ3v) is 10.5. The number of likely N-dealkylation sites (tertiary alicyclic amines) is 1. The normalized spacial score (nSPS) is 16.7. The predicted molar refractivity (Wildman–Crippen MR) is 233 cm³/mol. The van der Waals surface area contributed by atoms with Gasteiger partial charge < -0.3 is 83.5 Å². The summed E-state index contributed by atoms with van der Waals surface area (Å²) in [5, 5.41) is 73.9. The lowest BCUT2D eigenvalue weighted by Crippen LogP contribution is -2.60. The van der Waals surface area contributed by atoms with E-state index in [-0.39, 0.29) is 44.4 Å². The second-order valence-electron chi connectivity index (χ2n) is 16.0. The first-order chi connectivity index (χ1) is 32.5. The standard InChI is InChI=1S/C41H57N11O17/c1-19(46-35(62)24(42)9-10-31(57)58)34(61)48-26(14-32(59)60)40(67)52-11-3-4-29(52)38(65)51-33(20(2)54)39(66)44-16-30(56)47-25(13-22-15-43-18-45-22)36(63)50-28(17-53)37(64)49-27(41(68)69)12-21-5-7-23(55)8-6-21/h5-8,15,18-20,24-29,33,53-55H,3-4,9-14,16-17,42H2,1-2H3,(H,43,45)(H,44,66)(H,46,62)(H,47,56)(H,48,61)(H,49,64)(H,50,63)(H,51,65)(H,57,58)(H,59,60)(H,68,69)/t19-,20+,24-,25-,26-,27-,28-,29-,33-/m0/s1. The number of aliphatic hydroxyl groups excluding tert-OH is 2. The van der Waals surface area contributed by atoms with E-state index in [1.54, 1.807) is 0 Å². The maximum atomic E-state index is 13.7. The first-order valence-corrected chi connectivity index (χ1v) is 21.4. The number of rotatable bonds is 27. The van der Waals surface area contributed by atoms with Crippen molar-refractivity contribution in [2.45, 2.75) is 113 Å². The number of imidazole rings is 1. The highest BCUT2D eigenvalue weighted by molar-refractivity contribution is 5.98. The van der Waals surface area contributed by atoms with E-state index < -0.39 is 146 Å². The summed E-state index contributed by atoms with van der Waals surface area (Å²) in [6.07, 6.45) is -0.948. The lowest BCUT2D eigenvalue weighted by Gasteiger charge is -2.30. The van der Waals surface area contributed by atoms with Gasteiger partial charge in [0.25, 0.3) is 0 Å². The molecule has 1 fully saturated rings. The highest BCUT2D eigenvalue weighted by Crippen LogP contribution is 2.20. The van der Waals surface area contributed by atoms with Gasteiger partial charge in [-0.3, -0.25) is 47.9 Å². The lowest BCUT2D eigenvalue weighted by atomic mass is 10.1. The summed E-state index contributed by atoms with van der Waals surface area (Å²) in [7, 11) is 0. The Hall–Kier alpha value is -7.72. The monoisotopic (exact) mass is 975 g/mol. The molecule has 0 spiro atoms. The van der Waals surface area contributed by atoms with Crippen LogP contribution in [0, 0.1) is 0 Å². The number of aliphatic hydroxyl groups is 2. The summed E-state index contributed by atoms with van der Waals surface area (Å²) in [6.45, 7) is 0.376. The molecular formula is C41H57N11O17. The summed E-state index contributed by atoms with van der Waals surface area (Å²) >= 11 is 0. The minimum absolute atomic E-state index is 0.00108. The summed E-state index contributed by atoms with van der Waals surface area (Å²) in [4.78, 5) is 148. The number of aromatic nitrogens is 2. The molecule has 2 aromatic rings. The van der Waals surface area contributed by atoms with Crippen LogP contribution in [0.25, 0.3) is 0 Å². The first-order valence-electron chi connectivity index (χ1n) is 21.4. The van der Waals surface area contributed by atoms with Crippen molar-refractivity contribution < 1.29 is 83.4 Å². The molecule has 28 nitrogen and oxygen atoms in total. The van der Waals surface area contributed by atoms with E-state index in [1.165, 1.54) is 43.7 Å². The van der Waals surface area contributed by atoms with Crippen LogP contribution in [-0.2, 0) is 65.6 Å². The van der Waals surface area contributed by atoms with E-state index >= 15 is 0 Å². The Bertz CT molecular complexity index is 2170. The molecule has 0 radical (unpaired) electrons. The van der Waals surface area contributed by atoms with Gasteiger partial charge in [0.1, 0.15) is 48.0 Å². The SMILES string of the molecule is C[C@H](NC(=O)[C@@H](N)CCC(=O)O)C(=O)N[C@@H](CC(=O)O)C(=O)N1CCC[C@H]1C(=O)N[C@H](C(=O)NCC(=O)N[C@@H](Cc1cnc[nH]1)C(=O)N[C@@H](CO)C(=O)N[C@@H](Cc1ccc(O)cc1)C(=O)O)[C@@H](C)O. The Labute approximate surface area is 392 Å². The fraction of sp³-hybridized carbons (Fsp3) is 0.512. The average molecular weight is 976 g/mol. The number of hydrogen-bond acceptors (Lipinski definition) is 16. The van der Waals surface area contributed by atoms with Gasteiger partial charge in [-0.25, -0.2) is 9.78 Å². The number of hydrogen-bond donors (Lipinski definition) is 15. The number of aliphatic carboxylic acids is 3. The molecule has 1 aliphatic heterocycles. The van der Waals surface area contributed by atoms with Crippen molar-refractivity contribution in [3.05, 3.63) is 48.0 Å². The van der Waals surface area contributed by atoms with E-state index in [1.807, 2.05) is 0 Å². The van der Waals surface area contributed by atoms with E-state index in [4.69, 9.17) is 10.8 Å². The molecule has 8 amide bonds. The van der Waals surface area contributed by atoms with E-state index in [2.05, 4.69) is 47.2 Å². The number of carboxylic acids is 3. The number of nitrogens with two attached hydrogens (primary N) is 1. The molecule has 3 rings (SSSR count).